The lowest BCUT2D eigenvalue weighted by atomic mass is 10.3. The molecule has 0 saturated carbocycles. The van der Waals surface area contributed by atoms with Crippen LogP contribution in [-0.2, 0) is 4.79 Å². The summed E-state index contributed by atoms with van der Waals surface area (Å²) in [6.45, 7) is 1.40. The van der Waals surface area contributed by atoms with Crippen LogP contribution in [0.1, 0.15) is 5.69 Å². The van der Waals surface area contributed by atoms with Crippen LogP contribution in [-0.4, -0.2) is 28.6 Å². The zero-order valence-corrected chi connectivity index (χ0v) is 11.6. The number of aliphatic carboxylic acids is 1. The average molecular weight is 291 g/mol. The van der Waals surface area contributed by atoms with E-state index in [0.717, 1.165) is 10.6 Å². The molecule has 1 aromatic heterocycles. The summed E-state index contributed by atoms with van der Waals surface area (Å²) in [6, 6.07) is 8.11. The number of hydrogen-bond donors (Lipinski definition) is 2. The van der Waals surface area contributed by atoms with Gasteiger partial charge in [-0.15, -0.1) is 11.3 Å². The molecule has 0 atom stereocenters. The van der Waals surface area contributed by atoms with Crippen LogP contribution in [0.15, 0.2) is 35.7 Å². The van der Waals surface area contributed by atoms with Crippen molar-refractivity contribution in [3.05, 3.63) is 41.4 Å². The van der Waals surface area contributed by atoms with Crippen molar-refractivity contribution >= 4 is 34.2 Å². The number of aromatic nitrogens is 1. The number of para-hydroxylation sites is 1. The largest absolute Gasteiger partial charge is 0.480 e. The van der Waals surface area contributed by atoms with E-state index in [2.05, 4.69) is 10.3 Å². The summed E-state index contributed by atoms with van der Waals surface area (Å²) in [5.41, 5.74) is 1.32. The zero-order valence-electron chi connectivity index (χ0n) is 10.7. The number of thiazole rings is 1. The molecule has 0 aliphatic rings. The fraction of sp³-hybridized carbons (Fsp3) is 0.154. The van der Waals surface area contributed by atoms with E-state index in [9.17, 15) is 9.59 Å². The molecule has 2 aromatic rings. The predicted octanol–water partition coefficient (Wildman–Crippen LogP) is 2.57. The number of carbonyl (C=O) groups excluding carboxylic acids is 1. The van der Waals surface area contributed by atoms with Crippen molar-refractivity contribution in [2.24, 2.45) is 0 Å². The molecule has 0 unspecified atom stereocenters. The van der Waals surface area contributed by atoms with Gasteiger partial charge in [-0.2, -0.15) is 0 Å². The average Bonchev–Trinajstić information content (AvgIpc) is 2.82. The molecule has 0 aliphatic carbocycles. The second-order valence-electron chi connectivity index (χ2n) is 4.04. The maximum Gasteiger partial charge on any atom is 0.328 e. The number of nitrogens with one attached hydrogen (secondary N) is 1. The number of anilines is 2. The van der Waals surface area contributed by atoms with Crippen LogP contribution in [0.5, 0.6) is 0 Å². The highest BCUT2D eigenvalue weighted by Crippen LogP contribution is 2.18. The molecule has 0 fully saturated rings. The molecule has 104 valence electrons. The third-order valence-electron chi connectivity index (χ3n) is 2.44. The van der Waals surface area contributed by atoms with Crippen LogP contribution in [0, 0.1) is 6.92 Å². The summed E-state index contributed by atoms with van der Waals surface area (Å²) in [6.07, 6.45) is 0. The van der Waals surface area contributed by atoms with E-state index in [1.54, 1.807) is 35.7 Å². The summed E-state index contributed by atoms with van der Waals surface area (Å²) in [7, 11) is 0. The Balaban J connectivity index is 2.18. The first-order valence-corrected chi connectivity index (χ1v) is 6.71. The van der Waals surface area contributed by atoms with E-state index in [0.29, 0.717) is 10.8 Å². The molecule has 2 amide bonds. The molecule has 7 heteroatoms. The van der Waals surface area contributed by atoms with E-state index in [4.69, 9.17) is 5.11 Å². The molecule has 2 N–H and O–H groups in total. The predicted molar refractivity (Wildman–Crippen MR) is 77.3 cm³/mol. The fourth-order valence-electron chi connectivity index (χ4n) is 1.59. The highest BCUT2D eigenvalue weighted by molar-refractivity contribution is 7.13. The van der Waals surface area contributed by atoms with Crippen molar-refractivity contribution < 1.29 is 14.7 Å². The Bertz CT molecular complexity index is 612. The van der Waals surface area contributed by atoms with Gasteiger partial charge in [-0.25, -0.2) is 9.78 Å². The zero-order chi connectivity index (χ0) is 14.5. The minimum absolute atomic E-state index is 0.416. The first-order valence-electron chi connectivity index (χ1n) is 5.84. The number of urea groups is 1. The van der Waals surface area contributed by atoms with Crippen molar-refractivity contribution in [3.63, 3.8) is 0 Å². The van der Waals surface area contributed by atoms with Crippen molar-refractivity contribution in [3.8, 4) is 0 Å². The van der Waals surface area contributed by atoms with Gasteiger partial charge in [0.25, 0.3) is 0 Å². The van der Waals surface area contributed by atoms with E-state index in [1.807, 2.05) is 6.92 Å². The monoisotopic (exact) mass is 291 g/mol. The van der Waals surface area contributed by atoms with Crippen molar-refractivity contribution in [2.45, 2.75) is 6.92 Å². The number of rotatable bonds is 4. The van der Waals surface area contributed by atoms with Gasteiger partial charge in [0.05, 0.1) is 5.69 Å². The Kier molecular flexibility index (Phi) is 4.31. The third kappa shape index (κ3) is 3.55. The van der Waals surface area contributed by atoms with Crippen LogP contribution in [0.2, 0.25) is 0 Å². The van der Waals surface area contributed by atoms with Gasteiger partial charge < -0.3 is 5.11 Å². The fourth-order valence-corrected chi connectivity index (χ4v) is 2.27. The van der Waals surface area contributed by atoms with E-state index < -0.39 is 18.5 Å². The highest BCUT2D eigenvalue weighted by Gasteiger charge is 2.19. The normalized spacial score (nSPS) is 10.1. The minimum atomic E-state index is -1.08. The van der Waals surface area contributed by atoms with Gasteiger partial charge in [0, 0.05) is 11.1 Å². The first-order chi connectivity index (χ1) is 9.56. The molecular formula is C13H13N3O3S. The Morgan fingerprint density at radius 2 is 2.05 bits per heavy atom. The van der Waals surface area contributed by atoms with Gasteiger partial charge in [-0.3, -0.25) is 15.0 Å². The van der Waals surface area contributed by atoms with Gasteiger partial charge in [0.1, 0.15) is 6.54 Å². The van der Waals surface area contributed by atoms with Crippen molar-refractivity contribution in [2.75, 3.05) is 16.8 Å². The number of carbonyl (C=O) groups is 2. The summed E-state index contributed by atoms with van der Waals surface area (Å²) in [5.74, 6) is -1.08. The maximum atomic E-state index is 12.2. The van der Waals surface area contributed by atoms with Crippen LogP contribution < -0.4 is 10.2 Å². The summed E-state index contributed by atoms with van der Waals surface area (Å²) < 4.78 is 0. The minimum Gasteiger partial charge on any atom is -0.480 e. The molecule has 0 bridgehead atoms. The van der Waals surface area contributed by atoms with Crippen molar-refractivity contribution in [1.29, 1.82) is 0 Å². The number of nitrogens with zero attached hydrogens (tertiary/aromatic N) is 2. The maximum absolute atomic E-state index is 12.2. The standard InChI is InChI=1S/C13H13N3O3S/c1-9-8-20-12(14-9)15-13(19)16(7-11(17)18)10-5-3-2-4-6-10/h2-6,8H,7H2,1H3,(H,17,18)(H,14,15,19). The lowest BCUT2D eigenvalue weighted by Crippen LogP contribution is -2.38. The summed E-state index contributed by atoms with van der Waals surface area (Å²) >= 11 is 1.29. The molecule has 1 aromatic carbocycles. The summed E-state index contributed by atoms with van der Waals surface area (Å²) in [4.78, 5) is 28.4. The van der Waals surface area contributed by atoms with Gasteiger partial charge >= 0.3 is 12.0 Å². The van der Waals surface area contributed by atoms with E-state index in [-0.39, 0.29) is 0 Å². The smallest absolute Gasteiger partial charge is 0.328 e. The SMILES string of the molecule is Cc1csc(NC(=O)N(CC(=O)O)c2ccccc2)n1. The quantitative estimate of drug-likeness (QED) is 0.907. The van der Waals surface area contributed by atoms with Crippen LogP contribution in [0.25, 0.3) is 0 Å². The Morgan fingerprint density at radius 3 is 2.60 bits per heavy atom. The molecule has 0 spiro atoms. The van der Waals surface area contributed by atoms with Gasteiger partial charge in [0.15, 0.2) is 5.13 Å². The second-order valence-corrected chi connectivity index (χ2v) is 4.90. The molecule has 0 saturated heterocycles. The number of benzene rings is 1. The molecule has 0 radical (unpaired) electrons. The number of carboxylic acid groups (broad SMARTS) is 1. The van der Waals surface area contributed by atoms with E-state index >= 15 is 0 Å². The first kappa shape index (κ1) is 14.0. The summed E-state index contributed by atoms with van der Waals surface area (Å²) in [5, 5.41) is 13.8. The number of aryl methyl sites for hydroxylation is 1. The Hall–Kier alpha value is -2.41. The lowest BCUT2D eigenvalue weighted by Gasteiger charge is -2.20. The van der Waals surface area contributed by atoms with Gasteiger partial charge in [-0.1, -0.05) is 18.2 Å². The number of carboxylic acids is 1. The van der Waals surface area contributed by atoms with Crippen LogP contribution in [0.4, 0.5) is 15.6 Å². The molecule has 6 nitrogen and oxygen atoms in total. The van der Waals surface area contributed by atoms with Gasteiger partial charge in [0.2, 0.25) is 0 Å². The Morgan fingerprint density at radius 1 is 1.35 bits per heavy atom. The van der Waals surface area contributed by atoms with Gasteiger partial charge in [-0.05, 0) is 19.1 Å². The van der Waals surface area contributed by atoms with Crippen molar-refractivity contribution in [1.82, 2.24) is 4.98 Å². The molecule has 1 heterocycles. The molecular weight excluding hydrogens is 278 g/mol. The molecule has 0 aliphatic heterocycles. The molecule has 20 heavy (non-hydrogen) atoms. The van der Waals surface area contributed by atoms with Crippen LogP contribution in [0.3, 0.4) is 0 Å². The number of hydrogen-bond acceptors (Lipinski definition) is 4. The Labute approximate surface area is 119 Å². The second kappa shape index (κ2) is 6.16. The topological polar surface area (TPSA) is 82.5 Å². The molecule has 2 rings (SSSR count). The highest BCUT2D eigenvalue weighted by atomic mass is 32.1. The lowest BCUT2D eigenvalue weighted by molar-refractivity contribution is -0.135. The van der Waals surface area contributed by atoms with Crippen LogP contribution >= 0.6 is 11.3 Å². The third-order valence-corrected chi connectivity index (χ3v) is 3.31. The number of amides is 2. The van der Waals surface area contributed by atoms with E-state index in [1.165, 1.54) is 11.3 Å².